The van der Waals surface area contributed by atoms with Gasteiger partial charge >= 0.3 is 0 Å². The van der Waals surface area contributed by atoms with Gasteiger partial charge in [-0.25, -0.2) is 0 Å². The Morgan fingerprint density at radius 1 is 1.18 bits per heavy atom. The number of carbonyl (C=O) groups is 2. The predicted molar refractivity (Wildman–Crippen MR) is 100 cm³/mol. The van der Waals surface area contributed by atoms with E-state index in [1.165, 1.54) is 0 Å². The first-order valence-electron chi connectivity index (χ1n) is 9.17. The number of carbonyl (C=O) groups excluding carboxylic acids is 2. The Morgan fingerprint density at radius 3 is 2.89 bits per heavy atom. The van der Waals surface area contributed by atoms with Gasteiger partial charge in [0.25, 0.3) is 5.91 Å². The summed E-state index contributed by atoms with van der Waals surface area (Å²) in [5, 5.41) is 14.3. The number of pyridine rings is 1. The molecule has 0 aliphatic carbocycles. The third-order valence-electron chi connectivity index (χ3n) is 4.69. The van der Waals surface area contributed by atoms with Crippen LogP contribution >= 0.6 is 0 Å². The Labute approximate surface area is 161 Å². The molecule has 0 saturated carbocycles. The van der Waals surface area contributed by atoms with Gasteiger partial charge in [-0.05, 0) is 17.7 Å². The summed E-state index contributed by atoms with van der Waals surface area (Å²) in [6, 6.07) is 5.51. The summed E-state index contributed by atoms with van der Waals surface area (Å²) in [6.07, 6.45) is 9.46. The predicted octanol–water partition coefficient (Wildman–Crippen LogP) is 0.536. The number of rotatable bonds is 7. The molecule has 1 atom stereocenters. The topological polar surface area (TPSA) is 107 Å². The van der Waals surface area contributed by atoms with E-state index in [1.807, 2.05) is 24.4 Å². The van der Waals surface area contributed by atoms with E-state index in [4.69, 9.17) is 0 Å². The number of nitrogens with one attached hydrogen (secondary N) is 2. The molecular weight excluding hydrogens is 358 g/mol. The monoisotopic (exact) mass is 379 g/mol. The van der Waals surface area contributed by atoms with Gasteiger partial charge in [-0.2, -0.15) is 10.2 Å². The molecule has 4 rings (SSSR count). The maximum atomic E-state index is 12.5. The van der Waals surface area contributed by atoms with E-state index in [9.17, 15) is 9.59 Å². The number of amides is 2. The molecule has 0 spiro atoms. The van der Waals surface area contributed by atoms with Gasteiger partial charge in [0.2, 0.25) is 5.91 Å². The summed E-state index contributed by atoms with van der Waals surface area (Å²) < 4.78 is 3.52. The van der Waals surface area contributed by atoms with E-state index in [1.54, 1.807) is 34.2 Å². The fraction of sp³-hybridized carbons (Fsp3) is 0.316. The molecule has 1 aliphatic rings. The van der Waals surface area contributed by atoms with E-state index in [-0.39, 0.29) is 17.9 Å². The van der Waals surface area contributed by atoms with Crippen molar-refractivity contribution < 1.29 is 9.59 Å². The van der Waals surface area contributed by atoms with Crippen molar-refractivity contribution >= 4 is 11.8 Å². The molecular formula is C19H21N7O2. The molecule has 28 heavy (non-hydrogen) atoms. The lowest BCUT2D eigenvalue weighted by atomic mass is 10.1. The number of aromatic nitrogens is 5. The number of aryl methyl sites for hydroxylation is 1. The van der Waals surface area contributed by atoms with Gasteiger partial charge in [-0.3, -0.25) is 23.9 Å². The number of fused-ring (bicyclic) bond motifs is 1. The van der Waals surface area contributed by atoms with Gasteiger partial charge in [0.1, 0.15) is 0 Å². The zero-order chi connectivity index (χ0) is 19.3. The Balaban J connectivity index is 1.30. The molecule has 1 aliphatic heterocycles. The molecule has 0 unspecified atom stereocenters. The maximum absolute atomic E-state index is 12.5. The van der Waals surface area contributed by atoms with Crippen LogP contribution in [0, 0.1) is 0 Å². The van der Waals surface area contributed by atoms with Crippen LogP contribution in [-0.4, -0.2) is 42.4 Å². The summed E-state index contributed by atoms with van der Waals surface area (Å²) in [4.78, 5) is 28.7. The molecule has 0 radical (unpaired) electrons. The molecule has 9 nitrogen and oxygen atoms in total. The Kier molecular flexibility index (Phi) is 5.14. The Hall–Kier alpha value is -3.49. The average Bonchev–Trinajstić information content (AvgIpc) is 3.42. The average molecular weight is 379 g/mol. The molecule has 2 amide bonds. The molecule has 3 aromatic heterocycles. The maximum Gasteiger partial charge on any atom is 0.255 e. The summed E-state index contributed by atoms with van der Waals surface area (Å²) in [7, 11) is 0. The van der Waals surface area contributed by atoms with Crippen LogP contribution in [0.2, 0.25) is 0 Å². The van der Waals surface area contributed by atoms with Crippen molar-refractivity contribution in [2.24, 2.45) is 0 Å². The number of hydrogen-bond donors (Lipinski definition) is 2. The molecule has 2 N–H and O–H groups in total. The normalized spacial score (nSPS) is 15.2. The van der Waals surface area contributed by atoms with Gasteiger partial charge in [0.15, 0.2) is 0 Å². The van der Waals surface area contributed by atoms with Crippen molar-refractivity contribution in [3.8, 4) is 0 Å². The molecule has 144 valence electrons. The lowest BCUT2D eigenvalue weighted by Crippen LogP contribution is -2.36. The highest BCUT2D eigenvalue weighted by Gasteiger charge is 2.28. The summed E-state index contributed by atoms with van der Waals surface area (Å²) >= 11 is 0. The summed E-state index contributed by atoms with van der Waals surface area (Å²) in [6.45, 7) is 1.52. The van der Waals surface area contributed by atoms with E-state index >= 15 is 0 Å². The quantitative estimate of drug-likeness (QED) is 0.623. The minimum absolute atomic E-state index is 0.0335. The van der Waals surface area contributed by atoms with Crippen LogP contribution in [0.5, 0.6) is 0 Å². The second-order valence-corrected chi connectivity index (χ2v) is 6.72. The van der Waals surface area contributed by atoms with Crippen LogP contribution in [0.25, 0.3) is 0 Å². The summed E-state index contributed by atoms with van der Waals surface area (Å²) in [5.74, 6) is -0.204. The first-order chi connectivity index (χ1) is 13.7. The number of nitrogens with zero attached hydrogens (tertiary/aromatic N) is 5. The van der Waals surface area contributed by atoms with Crippen LogP contribution in [0.1, 0.15) is 28.0 Å². The van der Waals surface area contributed by atoms with Crippen molar-refractivity contribution in [2.75, 3.05) is 0 Å². The Morgan fingerprint density at radius 2 is 2.11 bits per heavy atom. The van der Waals surface area contributed by atoms with Crippen LogP contribution in [-0.2, 0) is 30.8 Å². The minimum Gasteiger partial charge on any atom is -0.351 e. The van der Waals surface area contributed by atoms with Crippen molar-refractivity contribution in [1.82, 2.24) is 35.2 Å². The van der Waals surface area contributed by atoms with E-state index in [0.717, 1.165) is 11.3 Å². The van der Waals surface area contributed by atoms with Crippen molar-refractivity contribution in [1.29, 1.82) is 0 Å². The minimum atomic E-state index is -0.171. The van der Waals surface area contributed by atoms with Crippen molar-refractivity contribution in [2.45, 2.75) is 38.5 Å². The lowest BCUT2D eigenvalue weighted by Gasteiger charge is -2.12. The molecule has 0 aromatic carbocycles. The third kappa shape index (κ3) is 4.08. The zero-order valence-corrected chi connectivity index (χ0v) is 15.3. The highest BCUT2D eigenvalue weighted by atomic mass is 16.2. The van der Waals surface area contributed by atoms with Crippen molar-refractivity contribution in [3.05, 3.63) is 66.0 Å². The number of hydrogen-bond acceptors (Lipinski definition) is 5. The molecule has 0 saturated heterocycles. The van der Waals surface area contributed by atoms with E-state index in [0.29, 0.717) is 38.0 Å². The highest BCUT2D eigenvalue weighted by molar-refractivity contribution is 5.95. The van der Waals surface area contributed by atoms with Crippen LogP contribution in [0.15, 0.2) is 49.2 Å². The largest absolute Gasteiger partial charge is 0.351 e. The van der Waals surface area contributed by atoms with Crippen molar-refractivity contribution in [3.63, 3.8) is 0 Å². The van der Waals surface area contributed by atoms with Crippen LogP contribution in [0.4, 0.5) is 0 Å². The third-order valence-corrected chi connectivity index (χ3v) is 4.69. The standard InChI is InChI=1S/C19H21N7O2/c27-18(4-8-25-7-2-6-22-25)24-15-9-17-16(12-23-26(17)13-15)19(28)21-11-14-3-1-5-20-10-14/h1-3,5-7,10,12,15H,4,8-9,11,13H2,(H,21,28)(H,24,27)/t15-/m0/s1. The molecule has 3 aromatic rings. The van der Waals surface area contributed by atoms with Crippen LogP contribution in [0.3, 0.4) is 0 Å². The molecule has 0 bridgehead atoms. The fourth-order valence-electron chi connectivity index (χ4n) is 3.31. The highest BCUT2D eigenvalue weighted by Crippen LogP contribution is 2.19. The first-order valence-corrected chi connectivity index (χ1v) is 9.17. The molecule has 9 heteroatoms. The lowest BCUT2D eigenvalue weighted by molar-refractivity contribution is -0.122. The van der Waals surface area contributed by atoms with Gasteiger partial charge in [-0.15, -0.1) is 0 Å². The van der Waals surface area contributed by atoms with E-state index in [2.05, 4.69) is 25.8 Å². The second kappa shape index (κ2) is 8.03. The van der Waals surface area contributed by atoms with Gasteiger partial charge in [0.05, 0.1) is 30.0 Å². The molecule has 0 fully saturated rings. The van der Waals surface area contributed by atoms with Gasteiger partial charge in [-0.1, -0.05) is 6.07 Å². The van der Waals surface area contributed by atoms with Gasteiger partial charge in [0, 0.05) is 50.7 Å². The first kappa shape index (κ1) is 17.9. The smallest absolute Gasteiger partial charge is 0.255 e. The molecule has 4 heterocycles. The summed E-state index contributed by atoms with van der Waals surface area (Å²) in [5.41, 5.74) is 2.33. The second-order valence-electron chi connectivity index (χ2n) is 6.72. The zero-order valence-electron chi connectivity index (χ0n) is 15.3. The fourth-order valence-corrected chi connectivity index (χ4v) is 3.31. The Bertz CT molecular complexity index is 950. The SMILES string of the molecule is O=C(CCn1cccn1)N[C@H]1Cc2c(C(=O)NCc3cccnc3)cnn2C1. The van der Waals surface area contributed by atoms with Crippen LogP contribution < -0.4 is 10.6 Å². The van der Waals surface area contributed by atoms with Gasteiger partial charge < -0.3 is 10.6 Å². The van der Waals surface area contributed by atoms with E-state index < -0.39 is 0 Å².